The first-order valence-corrected chi connectivity index (χ1v) is 9.60. The number of nitrogens with one attached hydrogen (secondary N) is 2. The number of hydrogen-bond donors (Lipinski definition) is 2. The monoisotopic (exact) mass is 420 g/mol. The third-order valence-corrected chi connectivity index (χ3v) is 4.68. The molecule has 3 aromatic carbocycles. The van der Waals surface area contributed by atoms with Crippen LogP contribution in [-0.2, 0) is 6.54 Å². The molecule has 0 heterocycles. The fourth-order valence-corrected chi connectivity index (χ4v) is 3.08. The van der Waals surface area contributed by atoms with Crippen molar-refractivity contribution in [2.24, 2.45) is 0 Å². The lowest BCUT2D eigenvalue weighted by atomic mass is 10.1. The largest absolute Gasteiger partial charge is 0.496 e. The van der Waals surface area contributed by atoms with Crippen molar-refractivity contribution in [3.05, 3.63) is 83.4 Å². The van der Waals surface area contributed by atoms with Gasteiger partial charge in [-0.15, -0.1) is 0 Å². The van der Waals surface area contributed by atoms with Crippen LogP contribution in [-0.4, -0.2) is 33.1 Å². The first-order valence-electron chi connectivity index (χ1n) is 9.60. The highest BCUT2D eigenvalue weighted by Gasteiger charge is 2.16. The van der Waals surface area contributed by atoms with Crippen molar-refractivity contribution in [3.8, 4) is 17.2 Å². The molecule has 0 unspecified atom stereocenters. The average Bonchev–Trinajstić information content (AvgIpc) is 2.82. The minimum atomic E-state index is -0.333. The third kappa shape index (κ3) is 5.14. The Kier molecular flexibility index (Phi) is 7.11. The Bertz CT molecular complexity index is 1070. The molecule has 3 aromatic rings. The van der Waals surface area contributed by atoms with Crippen molar-refractivity contribution in [2.45, 2.75) is 6.54 Å². The fraction of sp³-hybridized carbons (Fsp3) is 0.167. The molecule has 0 aliphatic carbocycles. The van der Waals surface area contributed by atoms with Gasteiger partial charge in [0.2, 0.25) is 0 Å². The van der Waals surface area contributed by atoms with Gasteiger partial charge in [-0.05, 0) is 30.3 Å². The minimum Gasteiger partial charge on any atom is -0.496 e. The lowest BCUT2D eigenvalue weighted by molar-refractivity contribution is 0.0951. The molecule has 0 aliphatic heterocycles. The number of ether oxygens (including phenoxy) is 3. The maximum Gasteiger partial charge on any atom is 0.255 e. The molecule has 0 bridgehead atoms. The molecule has 2 N–H and O–H groups in total. The van der Waals surface area contributed by atoms with Gasteiger partial charge in [-0.3, -0.25) is 9.59 Å². The van der Waals surface area contributed by atoms with E-state index in [2.05, 4.69) is 10.6 Å². The standard InChI is InChI=1S/C24H24N2O5/c1-29-20-14-22(31-3)21(30-2)13-17(20)15-25-24(28)18-11-7-8-12-19(18)26-23(27)16-9-5-4-6-10-16/h4-14H,15H2,1-3H3,(H,25,28)(H,26,27). The van der Waals surface area contributed by atoms with Crippen molar-refractivity contribution in [3.63, 3.8) is 0 Å². The lowest BCUT2D eigenvalue weighted by Crippen LogP contribution is -2.25. The fourth-order valence-electron chi connectivity index (χ4n) is 3.08. The number of carbonyl (C=O) groups is 2. The van der Waals surface area contributed by atoms with E-state index in [9.17, 15) is 9.59 Å². The van der Waals surface area contributed by atoms with Crippen LogP contribution in [0.25, 0.3) is 0 Å². The molecule has 2 amide bonds. The van der Waals surface area contributed by atoms with Crippen LogP contribution in [0, 0.1) is 0 Å². The second-order valence-corrected chi connectivity index (χ2v) is 6.57. The van der Waals surface area contributed by atoms with Crippen LogP contribution in [0.4, 0.5) is 5.69 Å². The number of rotatable bonds is 8. The summed E-state index contributed by atoms with van der Waals surface area (Å²) in [6, 6.07) is 19.1. The summed E-state index contributed by atoms with van der Waals surface area (Å²) in [6.07, 6.45) is 0. The Balaban J connectivity index is 1.77. The van der Waals surface area contributed by atoms with Crippen molar-refractivity contribution < 1.29 is 23.8 Å². The van der Waals surface area contributed by atoms with Crippen molar-refractivity contribution in [1.29, 1.82) is 0 Å². The number of benzene rings is 3. The zero-order valence-electron chi connectivity index (χ0n) is 17.6. The molecule has 7 nitrogen and oxygen atoms in total. The molecule has 0 radical (unpaired) electrons. The molecule has 7 heteroatoms. The quantitative estimate of drug-likeness (QED) is 0.577. The smallest absolute Gasteiger partial charge is 0.255 e. The van der Waals surface area contributed by atoms with Crippen LogP contribution in [0.5, 0.6) is 17.2 Å². The van der Waals surface area contributed by atoms with Gasteiger partial charge in [0.1, 0.15) is 5.75 Å². The van der Waals surface area contributed by atoms with E-state index in [1.54, 1.807) is 82.0 Å². The zero-order valence-corrected chi connectivity index (χ0v) is 17.6. The van der Waals surface area contributed by atoms with Gasteiger partial charge in [-0.25, -0.2) is 0 Å². The van der Waals surface area contributed by atoms with E-state index in [-0.39, 0.29) is 18.4 Å². The van der Waals surface area contributed by atoms with E-state index in [4.69, 9.17) is 14.2 Å². The molecular weight excluding hydrogens is 396 g/mol. The highest BCUT2D eigenvalue weighted by Crippen LogP contribution is 2.34. The number of carbonyl (C=O) groups excluding carboxylic acids is 2. The molecular formula is C24H24N2O5. The topological polar surface area (TPSA) is 85.9 Å². The Hall–Kier alpha value is -4.00. The summed E-state index contributed by atoms with van der Waals surface area (Å²) >= 11 is 0. The first-order chi connectivity index (χ1) is 15.1. The van der Waals surface area contributed by atoms with Gasteiger partial charge in [0.05, 0.1) is 32.6 Å². The second-order valence-electron chi connectivity index (χ2n) is 6.57. The van der Waals surface area contributed by atoms with E-state index in [0.29, 0.717) is 34.1 Å². The Labute approximate surface area is 180 Å². The molecule has 0 saturated heterocycles. The summed E-state index contributed by atoms with van der Waals surface area (Å²) in [4.78, 5) is 25.4. The van der Waals surface area contributed by atoms with Gasteiger partial charge >= 0.3 is 0 Å². The molecule has 0 aliphatic rings. The number of hydrogen-bond acceptors (Lipinski definition) is 5. The zero-order chi connectivity index (χ0) is 22.2. The van der Waals surface area contributed by atoms with Gasteiger partial charge in [0, 0.05) is 23.7 Å². The molecule has 0 saturated carbocycles. The van der Waals surface area contributed by atoms with Crippen LogP contribution in [0.3, 0.4) is 0 Å². The van der Waals surface area contributed by atoms with Gasteiger partial charge < -0.3 is 24.8 Å². The summed E-state index contributed by atoms with van der Waals surface area (Å²) in [7, 11) is 4.62. The van der Waals surface area contributed by atoms with Gasteiger partial charge in [0.25, 0.3) is 11.8 Å². The Morgan fingerprint density at radius 3 is 2.03 bits per heavy atom. The van der Waals surface area contributed by atoms with Crippen LogP contribution in [0.1, 0.15) is 26.3 Å². The maximum atomic E-state index is 12.9. The molecule has 31 heavy (non-hydrogen) atoms. The van der Waals surface area contributed by atoms with Crippen LogP contribution in [0.2, 0.25) is 0 Å². The van der Waals surface area contributed by atoms with Crippen molar-refractivity contribution >= 4 is 17.5 Å². The number of para-hydroxylation sites is 1. The number of methoxy groups -OCH3 is 3. The Morgan fingerprint density at radius 1 is 0.742 bits per heavy atom. The van der Waals surface area contributed by atoms with Crippen LogP contribution < -0.4 is 24.8 Å². The predicted octanol–water partition coefficient (Wildman–Crippen LogP) is 3.89. The van der Waals surface area contributed by atoms with Crippen molar-refractivity contribution in [1.82, 2.24) is 5.32 Å². The van der Waals surface area contributed by atoms with Crippen LogP contribution >= 0.6 is 0 Å². The molecule has 160 valence electrons. The summed E-state index contributed by atoms with van der Waals surface area (Å²) in [6.45, 7) is 0.198. The van der Waals surface area contributed by atoms with E-state index in [1.807, 2.05) is 6.07 Å². The number of amides is 2. The molecule has 0 fully saturated rings. The van der Waals surface area contributed by atoms with Gasteiger partial charge in [-0.1, -0.05) is 30.3 Å². The lowest BCUT2D eigenvalue weighted by Gasteiger charge is -2.15. The third-order valence-electron chi connectivity index (χ3n) is 4.68. The minimum absolute atomic E-state index is 0.198. The summed E-state index contributed by atoms with van der Waals surface area (Å²) in [5.41, 5.74) is 2.01. The number of anilines is 1. The molecule has 3 rings (SSSR count). The molecule has 0 atom stereocenters. The average molecular weight is 420 g/mol. The first kappa shape index (κ1) is 21.7. The summed E-state index contributed by atoms with van der Waals surface area (Å²) in [5, 5.41) is 5.67. The molecule has 0 spiro atoms. The Morgan fingerprint density at radius 2 is 1.35 bits per heavy atom. The normalized spacial score (nSPS) is 10.2. The summed E-state index contributed by atoms with van der Waals surface area (Å²) in [5.74, 6) is 0.998. The van der Waals surface area contributed by atoms with E-state index < -0.39 is 0 Å². The molecule has 0 aromatic heterocycles. The van der Waals surface area contributed by atoms with Gasteiger partial charge in [-0.2, -0.15) is 0 Å². The SMILES string of the molecule is COc1cc(OC)c(OC)cc1CNC(=O)c1ccccc1NC(=O)c1ccccc1. The second kappa shape index (κ2) is 10.2. The van der Waals surface area contributed by atoms with Gasteiger partial charge in [0.15, 0.2) is 11.5 Å². The highest BCUT2D eigenvalue weighted by molar-refractivity contribution is 6.08. The van der Waals surface area contributed by atoms with E-state index in [0.717, 1.165) is 5.56 Å². The highest BCUT2D eigenvalue weighted by atomic mass is 16.5. The van der Waals surface area contributed by atoms with E-state index >= 15 is 0 Å². The van der Waals surface area contributed by atoms with Crippen molar-refractivity contribution in [2.75, 3.05) is 26.6 Å². The van der Waals surface area contributed by atoms with E-state index in [1.165, 1.54) is 0 Å². The predicted molar refractivity (Wildman–Crippen MR) is 118 cm³/mol. The van der Waals surface area contributed by atoms with Crippen LogP contribution in [0.15, 0.2) is 66.7 Å². The summed E-state index contributed by atoms with van der Waals surface area (Å²) < 4.78 is 16.0. The maximum absolute atomic E-state index is 12.9.